The zero-order valence-corrected chi connectivity index (χ0v) is 17.3. The number of H-pyrrole nitrogens is 1. The smallest absolute Gasteiger partial charge is 0.338 e. The summed E-state index contributed by atoms with van der Waals surface area (Å²) in [6.07, 6.45) is -3.65. The highest BCUT2D eigenvalue weighted by Gasteiger charge is 2.36. The van der Waals surface area contributed by atoms with Gasteiger partial charge in [0.2, 0.25) is 15.9 Å². The van der Waals surface area contributed by atoms with Crippen molar-refractivity contribution in [2.75, 3.05) is 26.2 Å². The van der Waals surface area contributed by atoms with Crippen molar-refractivity contribution in [1.29, 1.82) is 0 Å². The molecule has 1 N–H and O–H groups in total. The maximum atomic E-state index is 13.0. The van der Waals surface area contributed by atoms with Crippen molar-refractivity contribution in [3.05, 3.63) is 61.9 Å². The van der Waals surface area contributed by atoms with Gasteiger partial charge in [0, 0.05) is 38.4 Å². The number of nitrogens with zero attached hydrogens (tertiary/aromatic N) is 3. The van der Waals surface area contributed by atoms with E-state index in [1.54, 1.807) is 0 Å². The highest BCUT2D eigenvalue weighted by Crippen LogP contribution is 2.36. The molecule has 31 heavy (non-hydrogen) atoms. The Labute approximate surface area is 178 Å². The van der Waals surface area contributed by atoms with Gasteiger partial charge in [-0.3, -0.25) is 19.1 Å². The van der Waals surface area contributed by atoms with Gasteiger partial charge in [-0.1, -0.05) is 11.6 Å². The molecular formula is C17H16ClF3N4O5S. The van der Waals surface area contributed by atoms with E-state index < -0.39 is 48.8 Å². The summed E-state index contributed by atoms with van der Waals surface area (Å²) in [5.41, 5.74) is -2.62. The Kier molecular flexibility index (Phi) is 6.30. The van der Waals surface area contributed by atoms with Gasteiger partial charge in [0.1, 0.15) is 6.54 Å². The zero-order chi connectivity index (χ0) is 23.0. The monoisotopic (exact) mass is 480 g/mol. The first-order valence-corrected chi connectivity index (χ1v) is 10.7. The fourth-order valence-corrected chi connectivity index (χ4v) is 4.70. The molecule has 0 radical (unpaired) electrons. The standard InChI is InChI=1S/C17H16ClF3N4O5S/c18-13-2-1-11(9-12(13)17(19,20)21)31(29,30)25-7-5-23(6-8-25)15(27)10-24-4-3-14(26)22-16(24)28/h1-4,9H,5-8,10H2,(H,22,26,28). The Morgan fingerprint density at radius 1 is 1.10 bits per heavy atom. The van der Waals surface area contributed by atoms with Gasteiger partial charge in [-0.15, -0.1) is 0 Å². The van der Waals surface area contributed by atoms with Crippen molar-refractivity contribution in [3.8, 4) is 0 Å². The number of rotatable bonds is 4. The predicted octanol–water partition coefficient (Wildman–Crippen LogP) is 0.742. The quantitative estimate of drug-likeness (QED) is 0.693. The fourth-order valence-electron chi connectivity index (χ4n) is 3.02. The molecule has 0 atom stereocenters. The second-order valence-electron chi connectivity index (χ2n) is 6.66. The first-order chi connectivity index (χ1) is 14.4. The van der Waals surface area contributed by atoms with E-state index in [2.05, 4.69) is 0 Å². The van der Waals surface area contributed by atoms with Crippen molar-refractivity contribution >= 4 is 27.5 Å². The van der Waals surface area contributed by atoms with Crippen molar-refractivity contribution in [2.24, 2.45) is 0 Å². The first kappa shape index (κ1) is 23.0. The number of amides is 1. The Morgan fingerprint density at radius 2 is 1.74 bits per heavy atom. The van der Waals surface area contributed by atoms with Crippen LogP contribution in [-0.4, -0.2) is 59.3 Å². The molecule has 1 aliphatic rings. The number of halogens is 4. The van der Waals surface area contributed by atoms with E-state index in [4.69, 9.17) is 11.6 Å². The van der Waals surface area contributed by atoms with E-state index in [0.717, 1.165) is 27.1 Å². The lowest BCUT2D eigenvalue weighted by Crippen LogP contribution is -2.51. The summed E-state index contributed by atoms with van der Waals surface area (Å²) >= 11 is 5.54. The Morgan fingerprint density at radius 3 is 2.32 bits per heavy atom. The van der Waals surface area contributed by atoms with E-state index in [1.165, 1.54) is 11.1 Å². The number of carbonyl (C=O) groups excluding carboxylic acids is 1. The van der Waals surface area contributed by atoms with E-state index in [1.807, 2.05) is 4.98 Å². The third kappa shape index (κ3) is 4.99. The van der Waals surface area contributed by atoms with Gasteiger partial charge in [-0.25, -0.2) is 13.2 Å². The number of nitrogens with one attached hydrogen (secondary N) is 1. The molecule has 3 rings (SSSR count). The normalized spacial score (nSPS) is 15.8. The number of carbonyl (C=O) groups is 1. The van der Waals surface area contributed by atoms with Gasteiger partial charge in [0.05, 0.1) is 15.5 Å². The van der Waals surface area contributed by atoms with Crippen molar-refractivity contribution < 1.29 is 26.4 Å². The lowest BCUT2D eigenvalue weighted by atomic mass is 10.2. The molecule has 0 bridgehead atoms. The average molecular weight is 481 g/mol. The average Bonchev–Trinajstić information content (AvgIpc) is 2.69. The summed E-state index contributed by atoms with van der Waals surface area (Å²) in [5.74, 6) is -0.475. The second-order valence-corrected chi connectivity index (χ2v) is 9.01. The SMILES string of the molecule is O=C(Cn1ccc(=O)[nH]c1=O)N1CCN(S(=O)(=O)c2ccc(Cl)c(C(F)(F)F)c2)CC1. The van der Waals surface area contributed by atoms with Crippen LogP contribution in [0.5, 0.6) is 0 Å². The largest absolute Gasteiger partial charge is 0.417 e. The molecule has 0 unspecified atom stereocenters. The summed E-state index contributed by atoms with van der Waals surface area (Å²) in [5, 5.41) is -0.612. The van der Waals surface area contributed by atoms with Crippen LogP contribution >= 0.6 is 11.6 Å². The molecular weight excluding hydrogens is 465 g/mol. The number of alkyl halides is 3. The maximum Gasteiger partial charge on any atom is 0.417 e. The molecule has 14 heteroatoms. The minimum atomic E-state index is -4.81. The lowest BCUT2D eigenvalue weighted by Gasteiger charge is -2.34. The van der Waals surface area contributed by atoms with Crippen LogP contribution in [0.4, 0.5) is 13.2 Å². The molecule has 1 fully saturated rings. The number of aromatic nitrogens is 2. The third-order valence-corrected chi connectivity index (χ3v) is 6.90. The van der Waals surface area contributed by atoms with Crippen LogP contribution in [0.25, 0.3) is 0 Å². The van der Waals surface area contributed by atoms with Crippen LogP contribution in [0, 0.1) is 0 Å². The maximum absolute atomic E-state index is 13.0. The summed E-state index contributed by atoms with van der Waals surface area (Å²) in [6.45, 7) is -0.669. The fraction of sp³-hybridized carbons (Fsp3) is 0.353. The minimum Gasteiger partial charge on any atom is -0.338 e. The van der Waals surface area contributed by atoms with Crippen LogP contribution in [0.1, 0.15) is 5.56 Å². The van der Waals surface area contributed by atoms with E-state index in [9.17, 15) is 36.0 Å². The van der Waals surface area contributed by atoms with Crippen LogP contribution < -0.4 is 11.2 Å². The van der Waals surface area contributed by atoms with E-state index in [0.29, 0.717) is 6.07 Å². The Bertz CT molecular complexity index is 1220. The van der Waals surface area contributed by atoms with Gasteiger partial charge in [-0.2, -0.15) is 17.5 Å². The number of hydrogen-bond donors (Lipinski definition) is 1. The number of piperazine rings is 1. The number of aromatic amines is 1. The molecule has 1 aliphatic heterocycles. The highest BCUT2D eigenvalue weighted by molar-refractivity contribution is 7.89. The molecule has 1 aromatic carbocycles. The third-order valence-electron chi connectivity index (χ3n) is 4.67. The molecule has 2 heterocycles. The number of sulfonamides is 1. The zero-order valence-electron chi connectivity index (χ0n) is 15.7. The number of hydrogen-bond acceptors (Lipinski definition) is 5. The van der Waals surface area contributed by atoms with Crippen molar-refractivity contribution in [1.82, 2.24) is 18.8 Å². The highest BCUT2D eigenvalue weighted by atomic mass is 35.5. The van der Waals surface area contributed by atoms with Crippen LogP contribution in [0.3, 0.4) is 0 Å². The summed E-state index contributed by atoms with van der Waals surface area (Å²) in [6, 6.07) is 3.43. The minimum absolute atomic E-state index is 0.0180. The second kappa shape index (κ2) is 8.48. The number of benzene rings is 1. The first-order valence-electron chi connectivity index (χ1n) is 8.84. The van der Waals surface area contributed by atoms with Gasteiger partial charge in [0.25, 0.3) is 5.56 Å². The predicted molar refractivity (Wildman–Crippen MR) is 103 cm³/mol. The Hall–Kier alpha value is -2.64. The summed E-state index contributed by atoms with van der Waals surface area (Å²) in [4.78, 5) is 37.9. The van der Waals surface area contributed by atoms with Gasteiger partial charge >= 0.3 is 11.9 Å². The van der Waals surface area contributed by atoms with Gasteiger partial charge < -0.3 is 4.90 Å². The summed E-state index contributed by atoms with van der Waals surface area (Å²) in [7, 11) is -4.24. The summed E-state index contributed by atoms with van der Waals surface area (Å²) < 4.78 is 66.6. The van der Waals surface area contributed by atoms with Crippen LogP contribution in [0.2, 0.25) is 5.02 Å². The van der Waals surface area contributed by atoms with Crippen molar-refractivity contribution in [3.63, 3.8) is 0 Å². The molecule has 0 aliphatic carbocycles. The topological polar surface area (TPSA) is 113 Å². The molecule has 1 aromatic heterocycles. The van der Waals surface area contributed by atoms with Crippen molar-refractivity contribution in [2.45, 2.75) is 17.6 Å². The molecule has 0 saturated carbocycles. The molecule has 2 aromatic rings. The van der Waals surface area contributed by atoms with E-state index >= 15 is 0 Å². The van der Waals surface area contributed by atoms with Gasteiger partial charge in [-0.05, 0) is 18.2 Å². The van der Waals surface area contributed by atoms with E-state index in [-0.39, 0.29) is 32.7 Å². The molecule has 1 amide bonds. The van der Waals surface area contributed by atoms with Gasteiger partial charge in [0.15, 0.2) is 0 Å². The molecule has 0 spiro atoms. The Balaban J connectivity index is 1.70. The lowest BCUT2D eigenvalue weighted by molar-refractivity contribution is -0.137. The molecule has 1 saturated heterocycles. The van der Waals surface area contributed by atoms with Crippen LogP contribution in [0.15, 0.2) is 44.9 Å². The van der Waals surface area contributed by atoms with Crippen LogP contribution in [-0.2, 0) is 27.5 Å². The molecule has 9 nitrogen and oxygen atoms in total. The molecule has 168 valence electrons.